The van der Waals surface area contributed by atoms with Crippen LogP contribution >= 0.6 is 0 Å². The third-order valence-electron chi connectivity index (χ3n) is 4.94. The van der Waals surface area contributed by atoms with Gasteiger partial charge in [0.05, 0.1) is 17.8 Å². The molecular formula is C21H22F4N5O3+. The lowest BCUT2D eigenvalue weighted by atomic mass is 10.0. The number of nitrogens with one attached hydrogen (secondary N) is 1. The number of nitrogens with zero attached hydrogens (tertiary/aromatic N) is 4. The van der Waals surface area contributed by atoms with Crippen molar-refractivity contribution in [2.75, 3.05) is 0 Å². The Kier molecular flexibility index (Phi) is 6.68. The number of hydrogen-bond donors (Lipinski definition) is 3. The number of pyridine rings is 2. The Balaban J connectivity index is 1.90. The maximum absolute atomic E-state index is 13.2. The fourth-order valence-corrected chi connectivity index (χ4v) is 3.06. The number of carbonyl (C=O) groups excluding carboxylic acids is 1. The lowest BCUT2D eigenvalue weighted by Gasteiger charge is -2.16. The molecule has 0 bridgehead atoms. The molecule has 3 N–H and O–H groups in total. The second-order valence-electron chi connectivity index (χ2n) is 7.78. The molecule has 0 saturated carbocycles. The molecule has 1 amide bonds. The number of aromatic nitrogens is 4. The van der Waals surface area contributed by atoms with Crippen LogP contribution in [0.15, 0.2) is 42.9 Å². The van der Waals surface area contributed by atoms with Gasteiger partial charge in [0.1, 0.15) is 17.6 Å². The van der Waals surface area contributed by atoms with E-state index in [9.17, 15) is 32.7 Å². The monoisotopic (exact) mass is 468 g/mol. The van der Waals surface area contributed by atoms with E-state index >= 15 is 0 Å². The molecule has 12 heteroatoms. The van der Waals surface area contributed by atoms with E-state index in [4.69, 9.17) is 0 Å². The first-order valence-corrected chi connectivity index (χ1v) is 9.91. The van der Waals surface area contributed by atoms with Crippen molar-refractivity contribution in [1.29, 1.82) is 0 Å². The highest BCUT2D eigenvalue weighted by atomic mass is 19.4. The maximum Gasteiger partial charge on any atom is 0.482 e. The van der Waals surface area contributed by atoms with E-state index in [1.165, 1.54) is 29.9 Å². The van der Waals surface area contributed by atoms with Crippen LogP contribution in [0.25, 0.3) is 5.82 Å². The van der Waals surface area contributed by atoms with Gasteiger partial charge in [0.25, 0.3) is 5.91 Å². The van der Waals surface area contributed by atoms with Crippen molar-refractivity contribution in [1.82, 2.24) is 20.1 Å². The highest BCUT2D eigenvalue weighted by Crippen LogP contribution is 2.28. The third-order valence-corrected chi connectivity index (χ3v) is 4.94. The van der Waals surface area contributed by atoms with E-state index in [2.05, 4.69) is 15.4 Å². The normalized spacial score (nSPS) is 13.7. The van der Waals surface area contributed by atoms with Gasteiger partial charge in [0, 0.05) is 22.6 Å². The first kappa shape index (κ1) is 24.1. The van der Waals surface area contributed by atoms with E-state index in [-0.39, 0.29) is 33.3 Å². The highest BCUT2D eigenvalue weighted by Gasteiger charge is 2.42. The van der Waals surface area contributed by atoms with Crippen molar-refractivity contribution in [3.05, 3.63) is 71.2 Å². The summed E-state index contributed by atoms with van der Waals surface area (Å²) in [5, 5.41) is 27.1. The second-order valence-corrected chi connectivity index (χ2v) is 7.78. The Labute approximate surface area is 186 Å². The molecule has 0 aliphatic heterocycles. The molecule has 8 nitrogen and oxygen atoms in total. The van der Waals surface area contributed by atoms with Gasteiger partial charge in [-0.1, -0.05) is 13.8 Å². The smallest absolute Gasteiger partial charge is 0.386 e. The van der Waals surface area contributed by atoms with Crippen molar-refractivity contribution in [2.45, 2.75) is 39.1 Å². The van der Waals surface area contributed by atoms with Gasteiger partial charge in [-0.15, -0.1) is 0 Å². The van der Waals surface area contributed by atoms with Crippen LogP contribution < -0.4 is 10.0 Å². The van der Waals surface area contributed by atoms with E-state index < -0.39 is 35.7 Å². The van der Waals surface area contributed by atoms with Gasteiger partial charge in [-0.05, 0) is 31.0 Å². The molecule has 0 aromatic carbocycles. The molecule has 33 heavy (non-hydrogen) atoms. The lowest BCUT2D eigenvalue weighted by molar-refractivity contribution is -0.915. The molecule has 0 fully saturated rings. The van der Waals surface area contributed by atoms with Crippen molar-refractivity contribution in [3.8, 4) is 5.82 Å². The average molecular weight is 468 g/mol. The van der Waals surface area contributed by atoms with Crippen LogP contribution in [-0.4, -0.2) is 31.0 Å². The molecule has 3 aromatic rings. The van der Waals surface area contributed by atoms with Crippen LogP contribution in [0.2, 0.25) is 0 Å². The number of hydrogen-bond acceptors (Lipinski definition) is 5. The molecule has 3 heterocycles. The minimum Gasteiger partial charge on any atom is -0.386 e. The van der Waals surface area contributed by atoms with E-state index in [0.717, 1.165) is 18.5 Å². The molecule has 3 aromatic heterocycles. The summed E-state index contributed by atoms with van der Waals surface area (Å²) in [5.41, 5.74) is -0.985. The number of aliphatic hydroxyl groups excluding tert-OH is 1. The zero-order chi connectivity index (χ0) is 24.5. The Morgan fingerprint density at radius 1 is 1.18 bits per heavy atom. The summed E-state index contributed by atoms with van der Waals surface area (Å²) in [5.74, 6) is -1.29. The van der Waals surface area contributed by atoms with Crippen LogP contribution in [0.3, 0.4) is 0 Å². The Hall–Kier alpha value is -3.54. The van der Waals surface area contributed by atoms with Crippen molar-refractivity contribution in [2.24, 2.45) is 5.92 Å². The fourth-order valence-electron chi connectivity index (χ4n) is 3.06. The minimum atomic E-state index is -4.75. The van der Waals surface area contributed by atoms with Crippen molar-refractivity contribution >= 4 is 5.91 Å². The zero-order valence-electron chi connectivity index (χ0n) is 17.9. The van der Waals surface area contributed by atoms with Gasteiger partial charge in [-0.3, -0.25) is 10.0 Å². The molecule has 0 spiro atoms. The molecule has 0 aliphatic rings. The summed E-state index contributed by atoms with van der Waals surface area (Å²) in [6.45, 7) is 4.98. The van der Waals surface area contributed by atoms with Crippen molar-refractivity contribution in [3.63, 3.8) is 0 Å². The molecule has 2 atom stereocenters. The number of halogens is 4. The molecule has 3 rings (SSSR count). The maximum atomic E-state index is 13.2. The predicted molar refractivity (Wildman–Crippen MR) is 106 cm³/mol. The first-order chi connectivity index (χ1) is 15.4. The fraction of sp³-hybridized carbons (Fsp3) is 0.333. The summed E-state index contributed by atoms with van der Waals surface area (Å²) in [4.78, 5) is 16.9. The largest absolute Gasteiger partial charge is 0.482 e. The van der Waals surface area contributed by atoms with Crippen LogP contribution in [0.4, 0.5) is 17.6 Å². The standard InChI is InChI=1S/C21H21F4N5O3/c1-11(2)19(31)18-15(10-29(28-18)17-7-5-14(22)8-26-17)20(32)27-12(3)13-4-6-16(21(23,24)25)30(33)9-13/h4-12,19,31H,1-3H3,(H-,27,32,33)/p+1/t12-,19?/m1/s1. The summed E-state index contributed by atoms with van der Waals surface area (Å²) in [6, 6.07) is 3.55. The SMILES string of the molecule is CC(C)C(O)c1nn(-c2ccc(F)cn2)cc1C(=O)N[C@H](C)c1ccc(C(F)(F)F)[n+](O)c1. The van der Waals surface area contributed by atoms with Gasteiger partial charge in [-0.25, -0.2) is 14.1 Å². The lowest BCUT2D eigenvalue weighted by Crippen LogP contribution is -2.40. The van der Waals surface area contributed by atoms with E-state index in [1.807, 2.05) is 0 Å². The Morgan fingerprint density at radius 2 is 1.88 bits per heavy atom. The highest BCUT2D eigenvalue weighted by molar-refractivity contribution is 5.95. The van der Waals surface area contributed by atoms with Crippen LogP contribution in [0.1, 0.15) is 60.2 Å². The van der Waals surface area contributed by atoms with E-state index in [1.54, 1.807) is 13.8 Å². The number of aliphatic hydroxyl groups is 1. The summed E-state index contributed by atoms with van der Waals surface area (Å²) < 4.78 is 52.9. The Morgan fingerprint density at radius 3 is 2.42 bits per heavy atom. The Bertz CT molecular complexity index is 1150. The van der Waals surface area contributed by atoms with Crippen LogP contribution in [-0.2, 0) is 6.18 Å². The number of alkyl halides is 3. The van der Waals surface area contributed by atoms with Crippen LogP contribution in [0.5, 0.6) is 0 Å². The van der Waals surface area contributed by atoms with Crippen LogP contribution in [0, 0.1) is 11.7 Å². The van der Waals surface area contributed by atoms with Gasteiger partial charge in [0.15, 0.2) is 5.82 Å². The van der Waals surface area contributed by atoms with E-state index in [0.29, 0.717) is 6.07 Å². The predicted octanol–water partition coefficient (Wildman–Crippen LogP) is 3.13. The molecule has 1 unspecified atom stereocenters. The summed E-state index contributed by atoms with van der Waals surface area (Å²) in [6.07, 6.45) is -2.70. The van der Waals surface area contributed by atoms with Gasteiger partial charge < -0.3 is 10.4 Å². The molecule has 0 aliphatic carbocycles. The quantitative estimate of drug-likeness (QED) is 0.293. The van der Waals surface area contributed by atoms with Gasteiger partial charge in [-0.2, -0.15) is 18.3 Å². The number of carbonyl (C=O) groups is 1. The summed E-state index contributed by atoms with van der Waals surface area (Å²) in [7, 11) is 0. The third kappa shape index (κ3) is 5.28. The summed E-state index contributed by atoms with van der Waals surface area (Å²) >= 11 is 0. The molecule has 0 saturated heterocycles. The topological polar surface area (TPSA) is 104 Å². The number of amides is 1. The molecule has 176 valence electrons. The number of rotatable bonds is 6. The molecular weight excluding hydrogens is 446 g/mol. The molecule has 0 radical (unpaired) electrons. The second kappa shape index (κ2) is 9.14. The first-order valence-electron chi connectivity index (χ1n) is 9.91. The van der Waals surface area contributed by atoms with Gasteiger partial charge >= 0.3 is 11.9 Å². The average Bonchev–Trinajstić information content (AvgIpc) is 3.18. The van der Waals surface area contributed by atoms with Gasteiger partial charge in [0.2, 0.25) is 6.20 Å². The van der Waals surface area contributed by atoms with Crippen molar-refractivity contribution < 1.29 is 37.4 Å². The minimum absolute atomic E-state index is 0.0120. The zero-order valence-corrected chi connectivity index (χ0v) is 17.9.